The van der Waals surface area contributed by atoms with Gasteiger partial charge in [-0.2, -0.15) is 0 Å². The lowest BCUT2D eigenvalue weighted by Gasteiger charge is -2.15. The van der Waals surface area contributed by atoms with Crippen molar-refractivity contribution in [2.75, 3.05) is 6.61 Å². The van der Waals surface area contributed by atoms with Crippen LogP contribution in [0.3, 0.4) is 0 Å². The number of hydrogen-bond acceptors (Lipinski definition) is 8. The topological polar surface area (TPSA) is 162 Å². The highest BCUT2D eigenvalue weighted by Gasteiger charge is 2.25. The van der Waals surface area contributed by atoms with Crippen LogP contribution in [0.25, 0.3) is 33.6 Å². The lowest BCUT2D eigenvalue weighted by molar-refractivity contribution is -0.334. The third kappa shape index (κ3) is 5.94. The second-order valence-electron chi connectivity index (χ2n) is 12.3. The number of imidazole rings is 1. The van der Waals surface area contributed by atoms with E-state index in [1.165, 1.54) is 6.33 Å². The number of H-pyrrole nitrogens is 3. The maximum atomic E-state index is 13.2. The summed E-state index contributed by atoms with van der Waals surface area (Å²) < 4.78 is 11.4. The van der Waals surface area contributed by atoms with E-state index >= 15 is 0 Å². The van der Waals surface area contributed by atoms with E-state index in [1.54, 1.807) is 18.5 Å². The quantitative estimate of drug-likeness (QED) is 0.176. The van der Waals surface area contributed by atoms with Gasteiger partial charge in [-0.1, -0.05) is 50.6 Å². The number of fused-ring (bicyclic) bond motifs is 2. The average molecular weight is 563 g/mol. The summed E-state index contributed by atoms with van der Waals surface area (Å²) in [6, 6.07) is 2.39. The van der Waals surface area contributed by atoms with Crippen molar-refractivity contribution < 1.29 is 19.0 Å². The van der Waals surface area contributed by atoms with E-state index in [1.807, 2.05) is 6.92 Å². The number of amides is 1. The fourth-order valence-electron chi connectivity index (χ4n) is 4.13. The van der Waals surface area contributed by atoms with Crippen LogP contribution in [0, 0.1) is 0 Å². The molecule has 210 valence electrons. The average Bonchev–Trinajstić information content (AvgIpc) is 3.63. The molecule has 40 heavy (non-hydrogen) atoms. The minimum absolute atomic E-state index is 0.174. The van der Waals surface area contributed by atoms with Gasteiger partial charge >= 0.3 is 5.65 Å². The molecule has 0 aromatic carbocycles. The van der Waals surface area contributed by atoms with Gasteiger partial charge in [-0.3, -0.25) is 9.78 Å². The molecule has 5 rings (SSSR count). The van der Waals surface area contributed by atoms with Gasteiger partial charge in [-0.05, 0) is 13.0 Å². The van der Waals surface area contributed by atoms with E-state index in [9.17, 15) is 4.79 Å². The third-order valence-electron chi connectivity index (χ3n) is 6.54. The minimum Gasteiger partial charge on any atom is -0.375 e. The molecule has 0 unspecified atom stereocenters. The molecule has 0 radical (unpaired) electrons. The lowest BCUT2D eigenvalue weighted by atomic mass is 9.96. The van der Waals surface area contributed by atoms with Crippen LogP contribution in [0.2, 0.25) is 25.7 Å². The summed E-state index contributed by atoms with van der Waals surface area (Å²) in [4.78, 5) is 40.6. The first kappa shape index (κ1) is 27.6. The first-order valence-corrected chi connectivity index (χ1v) is 17.0. The number of aromatic nitrogens is 8. The van der Waals surface area contributed by atoms with Gasteiger partial charge in [0.15, 0.2) is 17.0 Å². The summed E-state index contributed by atoms with van der Waals surface area (Å²) in [5.74, 6) is 1.52. The van der Waals surface area contributed by atoms with Crippen molar-refractivity contribution in [2.24, 2.45) is 0 Å². The fraction of sp³-hybridized carbons (Fsp3) is 0.444. The Morgan fingerprint density at radius 2 is 2.02 bits per heavy atom. The molecule has 13 heteroatoms. The molecule has 0 aliphatic heterocycles. The Kier molecular flexibility index (Phi) is 7.27. The Bertz CT molecular complexity index is 1660. The highest BCUT2D eigenvalue weighted by molar-refractivity contribution is 6.76. The second-order valence-corrected chi connectivity index (χ2v) is 17.9. The van der Waals surface area contributed by atoms with Gasteiger partial charge in [0.05, 0.1) is 30.1 Å². The van der Waals surface area contributed by atoms with Crippen molar-refractivity contribution >= 4 is 36.0 Å². The molecule has 0 spiro atoms. The molecule has 5 aromatic heterocycles. The largest absolute Gasteiger partial charge is 0.375 e. The monoisotopic (exact) mass is 562 g/mol. The van der Waals surface area contributed by atoms with Crippen LogP contribution in [0.4, 0.5) is 0 Å². The number of ether oxygens (including phenoxy) is 1. The molecule has 0 bridgehead atoms. The Labute approximate surface area is 232 Å². The van der Waals surface area contributed by atoms with Gasteiger partial charge in [-0.15, -0.1) is 0 Å². The number of hydrogen-bond donors (Lipinski definition) is 3. The molecule has 1 atom stereocenters. The number of aromatic amines is 3. The smallest absolute Gasteiger partial charge is 0.303 e. The van der Waals surface area contributed by atoms with Crippen LogP contribution < -0.4 is 10.3 Å². The number of nitrogens with zero attached hydrogens (tertiary/aromatic N) is 5. The Hall–Kier alpha value is -3.97. The maximum Gasteiger partial charge on any atom is 0.303 e. The lowest BCUT2D eigenvalue weighted by Crippen LogP contribution is -2.27. The molecule has 0 aliphatic carbocycles. The highest BCUT2D eigenvalue weighted by Crippen LogP contribution is 2.24. The first-order chi connectivity index (χ1) is 18.9. The molecule has 0 saturated heterocycles. The van der Waals surface area contributed by atoms with Crippen molar-refractivity contribution in [3.8, 4) is 11.5 Å². The zero-order valence-corrected chi connectivity index (χ0v) is 25.0. The molecule has 12 nitrogen and oxygen atoms in total. The van der Waals surface area contributed by atoms with Gasteiger partial charge < -0.3 is 19.6 Å². The van der Waals surface area contributed by atoms with E-state index in [0.29, 0.717) is 47.0 Å². The SMILES string of the molecule is C[C@@H](NC(=O)c1ncnc2c(COCC[Si](C)(C)C)[nH]cc12)c1cc(-c2[nH]c3cnc(C(C)(C)C)nc3[nH+]2)no1. The standard InChI is InChI=1S/C27H35N9O3Si/c1-15(20-10-17(36-39-20)23-33-18-12-29-26(27(2,3)4)35-24(18)34-23)32-25(37)22-16-11-28-19(21(16)30-14-31-22)13-38-8-9-40(5,6)7/h10-12,14-15,28H,8-9,13H2,1-7H3,(H,32,37)(H,29,33,34,35)/p+1/t15-/m1/s1. The normalized spacial score (nSPS) is 13.3. The predicted molar refractivity (Wildman–Crippen MR) is 152 cm³/mol. The number of nitrogens with one attached hydrogen (secondary N) is 4. The fourth-order valence-corrected chi connectivity index (χ4v) is 4.89. The van der Waals surface area contributed by atoms with Gasteiger partial charge in [0, 0.05) is 37.7 Å². The number of carbonyl (C=O) groups excluding carboxylic acids is 1. The summed E-state index contributed by atoms with van der Waals surface area (Å²) in [6.45, 7) is 16.1. The zero-order valence-electron chi connectivity index (χ0n) is 24.0. The Morgan fingerprint density at radius 1 is 1.23 bits per heavy atom. The van der Waals surface area contributed by atoms with Crippen LogP contribution in [0.15, 0.2) is 29.3 Å². The summed E-state index contributed by atoms with van der Waals surface area (Å²) in [7, 11) is -1.17. The van der Waals surface area contributed by atoms with E-state index in [2.05, 4.69) is 85.8 Å². The van der Waals surface area contributed by atoms with Crippen molar-refractivity contribution in [3.05, 3.63) is 47.8 Å². The van der Waals surface area contributed by atoms with Crippen LogP contribution in [0.1, 0.15) is 61.5 Å². The van der Waals surface area contributed by atoms with Crippen LogP contribution in [-0.4, -0.2) is 55.6 Å². The maximum absolute atomic E-state index is 13.2. The van der Waals surface area contributed by atoms with Gasteiger partial charge in [0.2, 0.25) is 5.82 Å². The van der Waals surface area contributed by atoms with Crippen molar-refractivity contribution in [1.82, 2.24) is 40.4 Å². The summed E-state index contributed by atoms with van der Waals surface area (Å²) >= 11 is 0. The number of carbonyl (C=O) groups is 1. The van der Waals surface area contributed by atoms with Gasteiger partial charge in [0.25, 0.3) is 11.7 Å². The predicted octanol–water partition coefficient (Wildman–Crippen LogP) is 4.34. The minimum atomic E-state index is -1.17. The van der Waals surface area contributed by atoms with Crippen molar-refractivity contribution in [3.63, 3.8) is 0 Å². The first-order valence-electron chi connectivity index (χ1n) is 13.3. The van der Waals surface area contributed by atoms with E-state index in [0.717, 1.165) is 23.1 Å². The molecule has 5 aromatic rings. The van der Waals surface area contributed by atoms with Crippen molar-refractivity contribution in [1.29, 1.82) is 0 Å². The van der Waals surface area contributed by atoms with Crippen molar-refractivity contribution in [2.45, 2.75) is 71.4 Å². The van der Waals surface area contributed by atoms with Crippen LogP contribution >= 0.6 is 0 Å². The van der Waals surface area contributed by atoms with Crippen LogP contribution in [-0.2, 0) is 16.8 Å². The molecule has 0 aliphatic rings. The third-order valence-corrected chi connectivity index (χ3v) is 8.24. The number of rotatable bonds is 9. The molecule has 4 N–H and O–H groups in total. The summed E-state index contributed by atoms with van der Waals surface area (Å²) in [6.07, 6.45) is 4.90. The molecule has 1 amide bonds. The van der Waals surface area contributed by atoms with Gasteiger partial charge in [0.1, 0.15) is 12.0 Å². The van der Waals surface area contributed by atoms with E-state index in [-0.39, 0.29) is 17.0 Å². The molecular formula is C27H36N9O3Si+. The second kappa shape index (κ2) is 10.5. The zero-order chi connectivity index (χ0) is 28.7. The molecule has 0 fully saturated rings. The summed E-state index contributed by atoms with van der Waals surface area (Å²) in [5.41, 5.74) is 3.60. The molecular weight excluding hydrogens is 526 g/mol. The Morgan fingerprint density at radius 3 is 2.77 bits per heavy atom. The Balaban J connectivity index is 1.28. The van der Waals surface area contributed by atoms with Crippen LogP contribution in [0.5, 0.6) is 0 Å². The van der Waals surface area contributed by atoms with E-state index < -0.39 is 14.1 Å². The van der Waals surface area contributed by atoms with E-state index in [4.69, 9.17) is 9.26 Å². The summed E-state index contributed by atoms with van der Waals surface area (Å²) in [5, 5.41) is 7.77. The van der Waals surface area contributed by atoms with Gasteiger partial charge in [-0.25, -0.2) is 19.9 Å². The molecule has 5 heterocycles. The highest BCUT2D eigenvalue weighted by atomic mass is 28.3. The molecule has 0 saturated carbocycles.